The smallest absolute Gasteiger partial charge is 0.321 e. The van der Waals surface area contributed by atoms with Gasteiger partial charge < -0.3 is 5.32 Å². The average molecular weight is 398 g/mol. The van der Waals surface area contributed by atoms with Crippen molar-refractivity contribution in [3.8, 4) is 0 Å². The van der Waals surface area contributed by atoms with Crippen LogP contribution in [0.15, 0.2) is 35.5 Å². The minimum absolute atomic E-state index is 0.0983. The number of thioether (sulfide) groups is 1. The highest BCUT2D eigenvalue weighted by molar-refractivity contribution is 7.99. The fourth-order valence-corrected chi connectivity index (χ4v) is 4.48. The van der Waals surface area contributed by atoms with E-state index in [1.807, 2.05) is 35.6 Å². The minimum atomic E-state index is -0.412. The molecule has 28 heavy (non-hydrogen) atoms. The van der Waals surface area contributed by atoms with Gasteiger partial charge in [0.2, 0.25) is 5.91 Å². The van der Waals surface area contributed by atoms with E-state index in [9.17, 15) is 9.59 Å². The molecular weight excluding hydrogens is 374 g/mol. The summed E-state index contributed by atoms with van der Waals surface area (Å²) in [4.78, 5) is 24.2. The van der Waals surface area contributed by atoms with E-state index in [4.69, 9.17) is 0 Å². The predicted octanol–water partition coefficient (Wildman–Crippen LogP) is 3.44. The van der Waals surface area contributed by atoms with Gasteiger partial charge in [0.25, 0.3) is 0 Å². The van der Waals surface area contributed by atoms with Crippen molar-refractivity contribution < 1.29 is 9.59 Å². The van der Waals surface area contributed by atoms with E-state index < -0.39 is 6.03 Å². The molecule has 3 aromatic rings. The van der Waals surface area contributed by atoms with Gasteiger partial charge in [0.1, 0.15) is 0 Å². The van der Waals surface area contributed by atoms with E-state index in [-0.39, 0.29) is 17.7 Å². The number of hydrogen-bond donors (Lipinski definition) is 2. The molecule has 0 saturated heterocycles. The van der Waals surface area contributed by atoms with Gasteiger partial charge in [0, 0.05) is 11.4 Å². The van der Waals surface area contributed by atoms with Crippen molar-refractivity contribution in [3.05, 3.63) is 35.9 Å². The van der Waals surface area contributed by atoms with Crippen LogP contribution < -0.4 is 10.6 Å². The Labute approximate surface area is 167 Å². The number of imide groups is 1. The van der Waals surface area contributed by atoms with Gasteiger partial charge in [-0.3, -0.25) is 14.5 Å². The molecule has 1 aromatic carbocycles. The summed E-state index contributed by atoms with van der Waals surface area (Å²) in [7, 11) is 0. The lowest BCUT2D eigenvalue weighted by atomic mass is 9.96. The lowest BCUT2D eigenvalue weighted by Crippen LogP contribution is -2.45. The highest BCUT2D eigenvalue weighted by Crippen LogP contribution is 2.25. The van der Waals surface area contributed by atoms with Crippen molar-refractivity contribution in [2.24, 2.45) is 0 Å². The van der Waals surface area contributed by atoms with Gasteiger partial charge in [-0.1, -0.05) is 49.2 Å². The molecule has 7 nitrogen and oxygen atoms in total. The lowest BCUT2D eigenvalue weighted by Gasteiger charge is -2.22. The Bertz CT molecular complexity index is 1030. The molecule has 146 valence electrons. The number of pyridine rings is 1. The number of hydrogen-bond acceptors (Lipinski definition) is 5. The molecule has 2 N–H and O–H groups in total. The number of nitrogens with zero attached hydrogens (tertiary/aromatic N) is 3. The van der Waals surface area contributed by atoms with Crippen molar-refractivity contribution in [1.29, 1.82) is 0 Å². The third kappa shape index (κ3) is 3.96. The summed E-state index contributed by atoms with van der Waals surface area (Å²) in [6.07, 6.45) is 5.43. The van der Waals surface area contributed by atoms with Crippen LogP contribution in [0.3, 0.4) is 0 Å². The number of para-hydroxylation sites is 1. The molecule has 0 atom stereocenters. The van der Waals surface area contributed by atoms with E-state index in [2.05, 4.69) is 26.9 Å². The molecule has 0 spiro atoms. The summed E-state index contributed by atoms with van der Waals surface area (Å²) in [6, 6.07) is 9.78. The monoisotopic (exact) mass is 397 g/mol. The molecule has 8 heteroatoms. The number of aromatic nitrogens is 3. The number of amides is 3. The van der Waals surface area contributed by atoms with Crippen molar-refractivity contribution in [2.45, 2.75) is 50.2 Å². The van der Waals surface area contributed by atoms with Gasteiger partial charge >= 0.3 is 6.03 Å². The maximum absolute atomic E-state index is 12.2. The Balaban J connectivity index is 1.42. The first-order chi connectivity index (χ1) is 13.6. The summed E-state index contributed by atoms with van der Waals surface area (Å²) < 4.78 is 1.95. The molecule has 0 bridgehead atoms. The predicted molar refractivity (Wildman–Crippen MR) is 110 cm³/mol. The van der Waals surface area contributed by atoms with Gasteiger partial charge in [-0.25, -0.2) is 4.79 Å². The van der Waals surface area contributed by atoms with E-state index in [1.54, 1.807) is 0 Å². The van der Waals surface area contributed by atoms with E-state index in [1.165, 1.54) is 18.2 Å². The van der Waals surface area contributed by atoms with Gasteiger partial charge in [0.15, 0.2) is 10.8 Å². The van der Waals surface area contributed by atoms with Crippen molar-refractivity contribution >= 4 is 40.3 Å². The quantitative estimate of drug-likeness (QED) is 0.659. The number of carbonyl (C=O) groups excluding carboxylic acids is 2. The van der Waals surface area contributed by atoms with Gasteiger partial charge in [-0.05, 0) is 37.5 Å². The van der Waals surface area contributed by atoms with Crippen LogP contribution in [0, 0.1) is 6.92 Å². The van der Waals surface area contributed by atoms with Crippen LogP contribution in [0.25, 0.3) is 16.6 Å². The van der Waals surface area contributed by atoms with E-state index in [0.717, 1.165) is 47.8 Å². The lowest BCUT2D eigenvalue weighted by molar-refractivity contribution is -0.117. The second-order valence-corrected chi connectivity index (χ2v) is 8.11. The van der Waals surface area contributed by atoms with Crippen LogP contribution >= 0.6 is 11.8 Å². The Morgan fingerprint density at radius 2 is 1.96 bits per heavy atom. The number of carbonyl (C=O) groups is 2. The summed E-state index contributed by atoms with van der Waals surface area (Å²) in [6.45, 7) is 2.04. The second kappa shape index (κ2) is 8.18. The molecule has 4 rings (SSSR count). The molecule has 1 aliphatic rings. The molecule has 1 saturated carbocycles. The Morgan fingerprint density at radius 1 is 1.18 bits per heavy atom. The Kier molecular flexibility index (Phi) is 5.47. The highest BCUT2D eigenvalue weighted by atomic mass is 32.2. The van der Waals surface area contributed by atoms with Crippen molar-refractivity contribution in [1.82, 2.24) is 25.2 Å². The van der Waals surface area contributed by atoms with Gasteiger partial charge in [-0.15, -0.1) is 10.2 Å². The first kappa shape index (κ1) is 18.7. The largest absolute Gasteiger partial charge is 0.335 e. The molecule has 0 aliphatic heterocycles. The normalized spacial score (nSPS) is 15.0. The molecule has 2 heterocycles. The maximum atomic E-state index is 12.2. The zero-order valence-corrected chi connectivity index (χ0v) is 16.6. The maximum Gasteiger partial charge on any atom is 0.321 e. The fourth-order valence-electron chi connectivity index (χ4n) is 3.73. The number of urea groups is 1. The fraction of sp³-hybridized carbons (Fsp3) is 0.400. The molecule has 3 amide bonds. The topological polar surface area (TPSA) is 88.4 Å². The molecule has 2 aromatic heterocycles. The van der Waals surface area contributed by atoms with Crippen LogP contribution in [-0.4, -0.2) is 38.3 Å². The standard InChI is InChI=1S/C20H23N5O2S/c1-13-11-17-23-24-20(25(17)16-10-6-5-9-15(13)16)28-12-18(26)22-19(27)21-14-7-3-2-4-8-14/h5-6,9-11,14H,2-4,7-8,12H2,1H3,(H2,21,22,26,27). The summed E-state index contributed by atoms with van der Waals surface area (Å²) in [5, 5.41) is 15.5. The van der Waals surface area contributed by atoms with E-state index >= 15 is 0 Å². The van der Waals surface area contributed by atoms with Crippen LogP contribution in [0.1, 0.15) is 37.7 Å². The summed E-state index contributed by atoms with van der Waals surface area (Å²) >= 11 is 1.27. The molecular formula is C20H23N5O2S. The first-order valence-corrected chi connectivity index (χ1v) is 10.6. The molecule has 1 fully saturated rings. The second-order valence-electron chi connectivity index (χ2n) is 7.17. The van der Waals surface area contributed by atoms with Gasteiger partial charge in [0.05, 0.1) is 11.3 Å². The SMILES string of the molecule is Cc1cc2nnc(SCC(=O)NC(=O)NC3CCCCC3)n2c2ccccc12. The molecule has 1 aliphatic carbocycles. The van der Waals surface area contributed by atoms with Crippen molar-refractivity contribution in [3.63, 3.8) is 0 Å². The Morgan fingerprint density at radius 3 is 2.79 bits per heavy atom. The number of fused-ring (bicyclic) bond motifs is 3. The highest BCUT2D eigenvalue weighted by Gasteiger charge is 2.18. The van der Waals surface area contributed by atoms with Crippen LogP contribution in [0.4, 0.5) is 4.79 Å². The third-order valence-corrected chi connectivity index (χ3v) is 6.03. The summed E-state index contributed by atoms with van der Waals surface area (Å²) in [5.74, 6) is -0.243. The number of benzene rings is 1. The summed E-state index contributed by atoms with van der Waals surface area (Å²) in [5.41, 5.74) is 2.87. The Hall–Kier alpha value is -2.61. The third-order valence-electron chi connectivity index (χ3n) is 5.10. The number of aryl methyl sites for hydroxylation is 1. The average Bonchev–Trinajstić information content (AvgIpc) is 3.10. The van der Waals surface area contributed by atoms with Crippen LogP contribution in [0.5, 0.6) is 0 Å². The van der Waals surface area contributed by atoms with Gasteiger partial charge in [-0.2, -0.15) is 0 Å². The number of nitrogens with one attached hydrogen (secondary N) is 2. The molecule has 0 radical (unpaired) electrons. The van der Waals surface area contributed by atoms with Crippen molar-refractivity contribution in [2.75, 3.05) is 5.75 Å². The van der Waals surface area contributed by atoms with E-state index in [0.29, 0.717) is 5.16 Å². The number of rotatable bonds is 4. The zero-order chi connectivity index (χ0) is 19.5. The minimum Gasteiger partial charge on any atom is -0.335 e. The first-order valence-electron chi connectivity index (χ1n) is 9.58. The van der Waals surface area contributed by atoms with Crippen LogP contribution in [-0.2, 0) is 4.79 Å². The van der Waals surface area contributed by atoms with Crippen LogP contribution in [0.2, 0.25) is 0 Å². The molecule has 0 unspecified atom stereocenters. The zero-order valence-electron chi connectivity index (χ0n) is 15.8.